The van der Waals surface area contributed by atoms with Gasteiger partial charge in [0.05, 0.1) is 0 Å². The van der Waals surface area contributed by atoms with Crippen molar-refractivity contribution >= 4 is 0 Å². The van der Waals surface area contributed by atoms with Crippen LogP contribution in [0.15, 0.2) is 24.4 Å². The van der Waals surface area contributed by atoms with Crippen molar-refractivity contribution in [3.05, 3.63) is 24.4 Å². The topological polar surface area (TPSA) is 3.24 Å². The zero-order valence-electron chi connectivity index (χ0n) is 11.5. The summed E-state index contributed by atoms with van der Waals surface area (Å²) in [5.74, 6) is 1.90. The summed E-state index contributed by atoms with van der Waals surface area (Å²) < 4.78 is 0. The van der Waals surface area contributed by atoms with E-state index in [4.69, 9.17) is 0 Å². The van der Waals surface area contributed by atoms with Crippen molar-refractivity contribution in [3.8, 4) is 0 Å². The molecule has 2 fully saturated rings. The molecule has 0 aromatic rings. The van der Waals surface area contributed by atoms with Crippen LogP contribution in [0.25, 0.3) is 0 Å². The first-order valence-electron chi connectivity index (χ1n) is 7.21. The molecule has 1 heteroatoms. The van der Waals surface area contributed by atoms with Crippen LogP contribution in [0.3, 0.4) is 0 Å². The summed E-state index contributed by atoms with van der Waals surface area (Å²) in [5, 5.41) is 0. The third-order valence-corrected chi connectivity index (χ3v) is 4.82. The second-order valence-corrected chi connectivity index (χ2v) is 6.11. The Morgan fingerprint density at radius 3 is 2.24 bits per heavy atom. The van der Waals surface area contributed by atoms with Gasteiger partial charge in [0.25, 0.3) is 0 Å². The van der Waals surface area contributed by atoms with Gasteiger partial charge in [0.1, 0.15) is 0 Å². The minimum atomic E-state index is 0.650. The van der Waals surface area contributed by atoms with E-state index in [1.807, 2.05) is 0 Å². The molecule has 1 nitrogen and oxygen atoms in total. The first-order valence-corrected chi connectivity index (χ1v) is 7.21. The van der Waals surface area contributed by atoms with Crippen molar-refractivity contribution in [2.24, 2.45) is 11.8 Å². The quantitative estimate of drug-likeness (QED) is 0.654. The van der Waals surface area contributed by atoms with Gasteiger partial charge < -0.3 is 4.90 Å². The van der Waals surface area contributed by atoms with Gasteiger partial charge >= 0.3 is 0 Å². The highest BCUT2D eigenvalue weighted by Gasteiger charge is 2.32. The molecule has 0 spiro atoms. The Balaban J connectivity index is 2.00. The highest BCUT2D eigenvalue weighted by molar-refractivity contribution is 5.22. The largest absolute Gasteiger partial charge is 0.369 e. The lowest BCUT2D eigenvalue weighted by Gasteiger charge is -2.42. The lowest BCUT2D eigenvalue weighted by molar-refractivity contribution is 0.124. The van der Waals surface area contributed by atoms with Crippen molar-refractivity contribution in [1.29, 1.82) is 0 Å². The Hall–Kier alpha value is -0.720. The van der Waals surface area contributed by atoms with Crippen LogP contribution in [-0.4, -0.2) is 17.5 Å². The molecule has 2 unspecified atom stereocenters. The minimum absolute atomic E-state index is 0.650. The summed E-state index contributed by atoms with van der Waals surface area (Å²) in [6, 6.07) is 0.650. The predicted molar refractivity (Wildman–Crippen MR) is 74.8 cm³/mol. The third-order valence-electron chi connectivity index (χ3n) is 4.82. The highest BCUT2D eigenvalue weighted by Crippen LogP contribution is 2.38. The van der Waals surface area contributed by atoms with Crippen molar-refractivity contribution in [2.75, 3.05) is 6.54 Å². The number of hydrogen-bond acceptors (Lipinski definition) is 1. The summed E-state index contributed by atoms with van der Waals surface area (Å²) in [6.07, 6.45) is 8.59. The molecule has 2 rings (SSSR count). The van der Waals surface area contributed by atoms with Crippen LogP contribution >= 0.6 is 0 Å². The molecule has 2 aliphatic rings. The molecule has 17 heavy (non-hydrogen) atoms. The molecule has 1 aliphatic heterocycles. The van der Waals surface area contributed by atoms with E-state index in [1.54, 1.807) is 0 Å². The zero-order chi connectivity index (χ0) is 12.4. The molecule has 96 valence electrons. The highest BCUT2D eigenvalue weighted by atomic mass is 15.2. The van der Waals surface area contributed by atoms with Crippen molar-refractivity contribution in [2.45, 2.75) is 58.4 Å². The van der Waals surface area contributed by atoms with Gasteiger partial charge in [-0.1, -0.05) is 38.8 Å². The molecule has 1 saturated heterocycles. The van der Waals surface area contributed by atoms with E-state index < -0.39 is 0 Å². The summed E-state index contributed by atoms with van der Waals surface area (Å²) in [4.78, 5) is 2.51. The first kappa shape index (κ1) is 12.7. The van der Waals surface area contributed by atoms with Crippen LogP contribution in [0.1, 0.15) is 52.4 Å². The predicted octanol–water partition coefficient (Wildman–Crippen LogP) is 4.37. The summed E-state index contributed by atoms with van der Waals surface area (Å²) >= 11 is 0. The van der Waals surface area contributed by atoms with Gasteiger partial charge in [0.2, 0.25) is 0 Å². The van der Waals surface area contributed by atoms with Gasteiger partial charge in [0.15, 0.2) is 0 Å². The van der Waals surface area contributed by atoms with E-state index in [0.717, 1.165) is 17.4 Å². The molecule has 0 aromatic carbocycles. The molecular formula is C16H27N. The zero-order valence-corrected chi connectivity index (χ0v) is 11.5. The third kappa shape index (κ3) is 2.75. The number of likely N-dealkylation sites (tertiary alicyclic amines) is 1. The number of allylic oxidation sites excluding steroid dienone is 1. The fourth-order valence-corrected chi connectivity index (χ4v) is 3.57. The molecule has 1 heterocycles. The molecule has 0 N–H and O–H groups in total. The van der Waals surface area contributed by atoms with E-state index in [-0.39, 0.29) is 0 Å². The molecule has 2 atom stereocenters. The van der Waals surface area contributed by atoms with E-state index in [9.17, 15) is 0 Å². The average Bonchev–Trinajstić information content (AvgIpc) is 2.82. The normalized spacial score (nSPS) is 30.6. The standard InChI is InChI=1S/C16H27N/c1-12(2)14(4)17-11-16(10-9-13(17)3)15-7-5-6-8-15/h13,15-16H,1,4-11H2,2-3H3. The number of piperidine rings is 1. The summed E-state index contributed by atoms with van der Waals surface area (Å²) in [5.41, 5.74) is 2.30. The lowest BCUT2D eigenvalue weighted by Crippen LogP contribution is -2.42. The van der Waals surface area contributed by atoms with Gasteiger partial charge in [-0.2, -0.15) is 0 Å². The Labute approximate surface area is 107 Å². The fourth-order valence-electron chi connectivity index (χ4n) is 3.57. The molecule has 0 amide bonds. The van der Waals surface area contributed by atoms with Gasteiger partial charge in [-0.05, 0) is 44.1 Å². The van der Waals surface area contributed by atoms with Crippen molar-refractivity contribution in [3.63, 3.8) is 0 Å². The van der Waals surface area contributed by atoms with Gasteiger partial charge in [-0.25, -0.2) is 0 Å². The maximum absolute atomic E-state index is 4.22. The first-order chi connectivity index (χ1) is 8.09. The van der Waals surface area contributed by atoms with Crippen LogP contribution in [0.5, 0.6) is 0 Å². The monoisotopic (exact) mass is 233 g/mol. The van der Waals surface area contributed by atoms with E-state index in [1.165, 1.54) is 50.8 Å². The van der Waals surface area contributed by atoms with Crippen LogP contribution in [0.4, 0.5) is 0 Å². The van der Waals surface area contributed by atoms with Crippen molar-refractivity contribution in [1.82, 2.24) is 4.90 Å². The second kappa shape index (κ2) is 5.29. The average molecular weight is 233 g/mol. The molecule has 0 bridgehead atoms. The maximum Gasteiger partial charge on any atom is 0.0319 e. The van der Waals surface area contributed by atoms with Gasteiger partial charge in [-0.15, -0.1) is 0 Å². The van der Waals surface area contributed by atoms with Gasteiger partial charge in [0, 0.05) is 18.3 Å². The van der Waals surface area contributed by atoms with Crippen molar-refractivity contribution < 1.29 is 0 Å². The van der Waals surface area contributed by atoms with Crippen LogP contribution in [0.2, 0.25) is 0 Å². The van der Waals surface area contributed by atoms with E-state index in [0.29, 0.717) is 6.04 Å². The Morgan fingerprint density at radius 1 is 1.00 bits per heavy atom. The lowest BCUT2D eigenvalue weighted by atomic mass is 9.82. The fraction of sp³-hybridized carbons (Fsp3) is 0.750. The smallest absolute Gasteiger partial charge is 0.0319 e. The molecule has 1 aliphatic carbocycles. The van der Waals surface area contributed by atoms with E-state index >= 15 is 0 Å². The van der Waals surface area contributed by atoms with Crippen LogP contribution < -0.4 is 0 Å². The van der Waals surface area contributed by atoms with Crippen LogP contribution in [-0.2, 0) is 0 Å². The number of nitrogens with zero attached hydrogens (tertiary/aromatic N) is 1. The summed E-state index contributed by atoms with van der Waals surface area (Å²) in [6.45, 7) is 13.9. The summed E-state index contributed by atoms with van der Waals surface area (Å²) in [7, 11) is 0. The molecule has 0 radical (unpaired) electrons. The molecular weight excluding hydrogens is 206 g/mol. The SMILES string of the molecule is C=C(C)C(=C)N1CC(C2CCCC2)CCC1C. The minimum Gasteiger partial charge on any atom is -0.369 e. The Bertz CT molecular complexity index is 299. The van der Waals surface area contributed by atoms with Crippen LogP contribution in [0, 0.1) is 11.8 Å². The Morgan fingerprint density at radius 2 is 1.65 bits per heavy atom. The van der Waals surface area contributed by atoms with Gasteiger partial charge in [-0.3, -0.25) is 0 Å². The number of rotatable bonds is 3. The second-order valence-electron chi connectivity index (χ2n) is 6.11. The maximum atomic E-state index is 4.22. The number of hydrogen-bond donors (Lipinski definition) is 0. The molecule has 1 saturated carbocycles. The molecule has 0 aromatic heterocycles. The Kier molecular flexibility index (Phi) is 3.96. The van der Waals surface area contributed by atoms with E-state index in [2.05, 4.69) is 31.9 Å².